The minimum Gasteiger partial charge on any atom is -0.493 e. The van der Waals surface area contributed by atoms with E-state index in [9.17, 15) is 14.7 Å². The molecule has 0 saturated heterocycles. The molecule has 0 radical (unpaired) electrons. The van der Waals surface area contributed by atoms with Crippen molar-refractivity contribution in [1.82, 2.24) is 5.32 Å². The first kappa shape index (κ1) is 19.3. The van der Waals surface area contributed by atoms with Gasteiger partial charge < -0.3 is 19.9 Å². The minimum atomic E-state index is -1.14. The standard InChI is InChI=1S/C20H23NO5/c1-11-7-6-8-14(13(11)3)18(20(23)24)21-19(22)15-10-17(26-5)16(25-4)9-12(15)2/h6-10,18H,1-5H3,(H,21,22)(H,23,24). The van der Waals surface area contributed by atoms with Crippen molar-refractivity contribution in [3.63, 3.8) is 0 Å². The normalized spacial score (nSPS) is 11.6. The Hall–Kier alpha value is -3.02. The fraction of sp³-hybridized carbons (Fsp3) is 0.300. The summed E-state index contributed by atoms with van der Waals surface area (Å²) in [4.78, 5) is 24.5. The molecule has 2 N–H and O–H groups in total. The molecule has 0 bridgehead atoms. The van der Waals surface area contributed by atoms with Crippen molar-refractivity contribution >= 4 is 11.9 Å². The molecule has 2 aromatic rings. The van der Waals surface area contributed by atoms with Gasteiger partial charge in [0, 0.05) is 5.56 Å². The Labute approximate surface area is 152 Å². The predicted molar refractivity (Wildman–Crippen MR) is 98.0 cm³/mol. The smallest absolute Gasteiger partial charge is 0.330 e. The van der Waals surface area contributed by atoms with Crippen LogP contribution in [-0.4, -0.2) is 31.2 Å². The van der Waals surface area contributed by atoms with E-state index in [4.69, 9.17) is 9.47 Å². The van der Waals surface area contributed by atoms with Gasteiger partial charge >= 0.3 is 5.97 Å². The molecule has 2 aromatic carbocycles. The number of rotatable bonds is 6. The zero-order chi connectivity index (χ0) is 19.4. The number of aliphatic carboxylic acids is 1. The van der Waals surface area contributed by atoms with Gasteiger partial charge in [0.2, 0.25) is 0 Å². The molecule has 1 atom stereocenters. The molecule has 138 valence electrons. The van der Waals surface area contributed by atoms with Crippen molar-refractivity contribution in [3.8, 4) is 11.5 Å². The summed E-state index contributed by atoms with van der Waals surface area (Å²) in [5, 5.41) is 12.2. The van der Waals surface area contributed by atoms with Gasteiger partial charge in [-0.2, -0.15) is 0 Å². The Morgan fingerprint density at radius 1 is 1.00 bits per heavy atom. The van der Waals surface area contributed by atoms with Crippen LogP contribution in [0.5, 0.6) is 11.5 Å². The van der Waals surface area contributed by atoms with Crippen LogP contribution in [0.25, 0.3) is 0 Å². The van der Waals surface area contributed by atoms with E-state index in [0.717, 1.165) is 11.1 Å². The molecule has 0 aromatic heterocycles. The van der Waals surface area contributed by atoms with E-state index in [0.29, 0.717) is 28.2 Å². The third-order valence-corrected chi connectivity index (χ3v) is 4.46. The molecule has 1 unspecified atom stereocenters. The predicted octanol–water partition coefficient (Wildman–Crippen LogP) is 3.18. The number of carbonyl (C=O) groups is 2. The average molecular weight is 357 g/mol. The third kappa shape index (κ3) is 3.79. The molecular weight excluding hydrogens is 334 g/mol. The quantitative estimate of drug-likeness (QED) is 0.829. The summed E-state index contributed by atoms with van der Waals surface area (Å²) in [7, 11) is 2.99. The first-order valence-corrected chi connectivity index (χ1v) is 8.12. The van der Waals surface area contributed by atoms with Gasteiger partial charge in [-0.25, -0.2) is 4.79 Å². The van der Waals surface area contributed by atoms with Crippen LogP contribution in [0.2, 0.25) is 0 Å². The highest BCUT2D eigenvalue weighted by atomic mass is 16.5. The number of carboxylic acid groups (broad SMARTS) is 1. The van der Waals surface area contributed by atoms with Crippen molar-refractivity contribution < 1.29 is 24.2 Å². The van der Waals surface area contributed by atoms with E-state index in [2.05, 4.69) is 5.32 Å². The van der Waals surface area contributed by atoms with E-state index in [1.54, 1.807) is 31.2 Å². The summed E-state index contributed by atoms with van der Waals surface area (Å²) < 4.78 is 10.5. The second-order valence-electron chi connectivity index (χ2n) is 6.06. The van der Waals surface area contributed by atoms with E-state index < -0.39 is 17.9 Å². The second kappa shape index (κ2) is 7.91. The van der Waals surface area contributed by atoms with Crippen LogP contribution in [-0.2, 0) is 4.79 Å². The fourth-order valence-corrected chi connectivity index (χ4v) is 2.79. The third-order valence-electron chi connectivity index (χ3n) is 4.46. The molecule has 26 heavy (non-hydrogen) atoms. The lowest BCUT2D eigenvalue weighted by Gasteiger charge is -2.19. The molecule has 0 aliphatic rings. The molecule has 0 aliphatic heterocycles. The van der Waals surface area contributed by atoms with Gasteiger partial charge in [-0.05, 0) is 55.2 Å². The number of ether oxygens (including phenoxy) is 2. The summed E-state index contributed by atoms with van der Waals surface area (Å²) in [6, 6.07) is 7.48. The first-order chi connectivity index (χ1) is 12.3. The highest BCUT2D eigenvalue weighted by Crippen LogP contribution is 2.30. The zero-order valence-electron chi connectivity index (χ0n) is 15.5. The average Bonchev–Trinajstić information content (AvgIpc) is 2.61. The first-order valence-electron chi connectivity index (χ1n) is 8.12. The van der Waals surface area contributed by atoms with Crippen molar-refractivity contribution in [2.24, 2.45) is 0 Å². The maximum atomic E-state index is 12.7. The van der Waals surface area contributed by atoms with Gasteiger partial charge in [0.1, 0.15) is 0 Å². The van der Waals surface area contributed by atoms with Gasteiger partial charge in [0.25, 0.3) is 5.91 Å². The molecule has 0 aliphatic carbocycles. The van der Waals surface area contributed by atoms with Gasteiger partial charge in [-0.3, -0.25) is 4.79 Å². The highest BCUT2D eigenvalue weighted by molar-refractivity contribution is 5.98. The SMILES string of the molecule is COc1cc(C)c(C(=O)NC(C(=O)O)c2cccc(C)c2C)cc1OC. The number of amides is 1. The van der Waals surface area contributed by atoms with E-state index in [1.807, 2.05) is 19.9 Å². The molecular formula is C20H23NO5. The number of aryl methyl sites for hydroxylation is 2. The number of hydrogen-bond acceptors (Lipinski definition) is 4. The second-order valence-corrected chi connectivity index (χ2v) is 6.06. The van der Waals surface area contributed by atoms with Crippen molar-refractivity contribution in [1.29, 1.82) is 0 Å². The number of methoxy groups -OCH3 is 2. The summed E-state index contributed by atoms with van der Waals surface area (Å²) in [6.45, 7) is 5.50. The van der Waals surface area contributed by atoms with Crippen LogP contribution >= 0.6 is 0 Å². The van der Waals surface area contributed by atoms with E-state index in [-0.39, 0.29) is 0 Å². The summed E-state index contributed by atoms with van der Waals surface area (Å²) >= 11 is 0. The maximum absolute atomic E-state index is 12.7. The lowest BCUT2D eigenvalue weighted by molar-refractivity contribution is -0.139. The molecule has 6 heteroatoms. The Kier molecular flexibility index (Phi) is 5.87. The number of hydrogen-bond donors (Lipinski definition) is 2. The Balaban J connectivity index is 2.40. The topological polar surface area (TPSA) is 84.9 Å². The number of nitrogens with one attached hydrogen (secondary N) is 1. The number of carbonyl (C=O) groups excluding carboxylic acids is 1. The number of benzene rings is 2. The van der Waals surface area contributed by atoms with Gasteiger partial charge in [0.15, 0.2) is 17.5 Å². The van der Waals surface area contributed by atoms with Crippen molar-refractivity contribution in [2.45, 2.75) is 26.8 Å². The zero-order valence-corrected chi connectivity index (χ0v) is 15.5. The summed E-state index contributed by atoms with van der Waals surface area (Å²) in [5.74, 6) is -0.699. The minimum absolute atomic E-state index is 0.333. The monoisotopic (exact) mass is 357 g/mol. The van der Waals surface area contributed by atoms with E-state index >= 15 is 0 Å². The summed E-state index contributed by atoms with van der Waals surface area (Å²) in [5.41, 5.74) is 3.35. The molecule has 6 nitrogen and oxygen atoms in total. The Morgan fingerprint density at radius 3 is 2.19 bits per heavy atom. The molecule has 1 amide bonds. The van der Waals surface area contributed by atoms with Crippen LogP contribution in [0.15, 0.2) is 30.3 Å². The Bertz CT molecular complexity index is 844. The van der Waals surface area contributed by atoms with Gasteiger partial charge in [-0.1, -0.05) is 18.2 Å². The maximum Gasteiger partial charge on any atom is 0.330 e. The summed E-state index contributed by atoms with van der Waals surface area (Å²) in [6.07, 6.45) is 0. The highest BCUT2D eigenvalue weighted by Gasteiger charge is 2.26. The van der Waals surface area contributed by atoms with Gasteiger partial charge in [0.05, 0.1) is 14.2 Å². The van der Waals surface area contributed by atoms with Crippen LogP contribution in [0.1, 0.15) is 38.7 Å². The van der Waals surface area contributed by atoms with Crippen molar-refractivity contribution in [2.75, 3.05) is 14.2 Å². The van der Waals surface area contributed by atoms with Gasteiger partial charge in [-0.15, -0.1) is 0 Å². The Morgan fingerprint density at radius 2 is 1.62 bits per heavy atom. The lowest BCUT2D eigenvalue weighted by atomic mass is 9.97. The molecule has 0 saturated carbocycles. The molecule has 0 fully saturated rings. The fourth-order valence-electron chi connectivity index (χ4n) is 2.79. The van der Waals surface area contributed by atoms with Crippen LogP contribution in [0.4, 0.5) is 0 Å². The lowest BCUT2D eigenvalue weighted by Crippen LogP contribution is -2.34. The van der Waals surface area contributed by atoms with Crippen LogP contribution in [0.3, 0.4) is 0 Å². The molecule has 0 spiro atoms. The molecule has 0 heterocycles. The largest absolute Gasteiger partial charge is 0.493 e. The van der Waals surface area contributed by atoms with Crippen molar-refractivity contribution in [3.05, 3.63) is 58.1 Å². The number of carboxylic acids is 1. The van der Waals surface area contributed by atoms with E-state index in [1.165, 1.54) is 14.2 Å². The molecule has 2 rings (SSSR count). The van der Waals surface area contributed by atoms with Crippen LogP contribution in [0, 0.1) is 20.8 Å². The van der Waals surface area contributed by atoms with Crippen LogP contribution < -0.4 is 14.8 Å².